The molecule has 5 rings (SSSR count). The van der Waals surface area contributed by atoms with Crippen molar-refractivity contribution in [2.75, 3.05) is 4.90 Å². The van der Waals surface area contributed by atoms with E-state index >= 15 is 0 Å². The van der Waals surface area contributed by atoms with Crippen LogP contribution in [0.1, 0.15) is 5.56 Å². The molecule has 0 bridgehead atoms. The number of halogens is 1. The highest BCUT2D eigenvalue weighted by Crippen LogP contribution is 2.37. The summed E-state index contributed by atoms with van der Waals surface area (Å²) >= 11 is 3.39. The molecule has 3 aromatic rings. The first-order valence-electron chi connectivity index (χ1n) is 8.50. The van der Waals surface area contributed by atoms with Crippen LogP contribution in [0.25, 0.3) is 10.8 Å². The normalized spacial score (nSPS) is 21.4. The molecule has 2 atom stereocenters. The minimum atomic E-state index is -0.907. The summed E-state index contributed by atoms with van der Waals surface area (Å²) in [4.78, 5) is 32.8. The van der Waals surface area contributed by atoms with Crippen LogP contribution in [-0.4, -0.2) is 23.6 Å². The third-order valence-electron chi connectivity index (χ3n) is 4.96. The molecule has 2 aliphatic heterocycles. The fourth-order valence-electron chi connectivity index (χ4n) is 3.68. The number of hydrogen-bond donors (Lipinski definition) is 0. The van der Waals surface area contributed by atoms with E-state index in [4.69, 9.17) is 4.84 Å². The third kappa shape index (κ3) is 2.40. The Morgan fingerprint density at radius 2 is 1.63 bits per heavy atom. The number of benzene rings is 3. The Morgan fingerprint density at radius 1 is 0.889 bits per heavy atom. The number of nitrogens with zero attached hydrogens (tertiary/aromatic N) is 2. The first-order valence-corrected chi connectivity index (χ1v) is 9.30. The van der Waals surface area contributed by atoms with Crippen LogP contribution in [0.3, 0.4) is 0 Å². The van der Waals surface area contributed by atoms with E-state index in [9.17, 15) is 9.59 Å². The number of hydrogen-bond acceptors (Lipinski definition) is 4. The molecule has 0 aliphatic carbocycles. The summed E-state index contributed by atoms with van der Waals surface area (Å²) in [5, 5.41) is 5.86. The largest absolute Gasteiger partial charge is 0.381 e. The summed E-state index contributed by atoms with van der Waals surface area (Å²) in [7, 11) is 0. The van der Waals surface area contributed by atoms with E-state index < -0.39 is 12.0 Å². The number of rotatable bonds is 2. The van der Waals surface area contributed by atoms with Crippen LogP contribution < -0.4 is 4.90 Å². The van der Waals surface area contributed by atoms with Crippen molar-refractivity contribution < 1.29 is 14.4 Å². The van der Waals surface area contributed by atoms with E-state index in [2.05, 4.69) is 21.1 Å². The van der Waals surface area contributed by atoms with Gasteiger partial charge in [-0.15, -0.1) is 0 Å². The van der Waals surface area contributed by atoms with Gasteiger partial charge in [0.15, 0.2) is 0 Å². The molecule has 6 heteroatoms. The quantitative estimate of drug-likeness (QED) is 0.590. The average Bonchev–Trinajstić information content (AvgIpc) is 3.23. The molecule has 0 saturated carbocycles. The van der Waals surface area contributed by atoms with Gasteiger partial charge >= 0.3 is 0 Å². The van der Waals surface area contributed by atoms with Gasteiger partial charge in [0.2, 0.25) is 12.0 Å². The molecule has 3 aromatic carbocycles. The second-order valence-electron chi connectivity index (χ2n) is 6.50. The van der Waals surface area contributed by atoms with Gasteiger partial charge in [0.25, 0.3) is 5.91 Å². The van der Waals surface area contributed by atoms with Crippen molar-refractivity contribution in [2.45, 2.75) is 6.10 Å². The number of fused-ring (bicyclic) bond motifs is 2. The summed E-state index contributed by atoms with van der Waals surface area (Å²) in [6.07, 6.45) is -0.907. The number of carbonyl (C=O) groups excluding carboxylic acids is 2. The number of oxime groups is 1. The summed E-state index contributed by atoms with van der Waals surface area (Å²) < 4.78 is 0.925. The summed E-state index contributed by atoms with van der Waals surface area (Å²) in [6.45, 7) is 0. The Balaban J connectivity index is 1.58. The zero-order chi connectivity index (χ0) is 18.5. The molecule has 2 amide bonds. The van der Waals surface area contributed by atoms with Crippen molar-refractivity contribution in [2.24, 2.45) is 11.1 Å². The Labute approximate surface area is 163 Å². The fourth-order valence-corrected chi connectivity index (χ4v) is 3.94. The van der Waals surface area contributed by atoms with Crippen molar-refractivity contribution >= 4 is 49.9 Å². The van der Waals surface area contributed by atoms with Crippen LogP contribution in [0.4, 0.5) is 5.69 Å². The molecule has 0 aromatic heterocycles. The average molecular weight is 421 g/mol. The van der Waals surface area contributed by atoms with E-state index in [0.717, 1.165) is 20.8 Å². The van der Waals surface area contributed by atoms with Gasteiger partial charge < -0.3 is 4.84 Å². The lowest BCUT2D eigenvalue weighted by Crippen LogP contribution is -2.33. The van der Waals surface area contributed by atoms with E-state index in [0.29, 0.717) is 11.4 Å². The molecule has 0 N–H and O–H groups in total. The SMILES string of the molecule is O=C1C2ON=C(c3ccc(Br)cc3)C2C(=O)N1c1cccc2ccccc12. The summed E-state index contributed by atoms with van der Waals surface area (Å²) in [5.41, 5.74) is 1.84. The molecule has 0 radical (unpaired) electrons. The number of imide groups is 1. The van der Waals surface area contributed by atoms with Crippen molar-refractivity contribution in [1.82, 2.24) is 0 Å². The van der Waals surface area contributed by atoms with E-state index in [1.807, 2.05) is 60.7 Å². The second kappa shape index (κ2) is 6.03. The van der Waals surface area contributed by atoms with Gasteiger partial charge in [-0.3, -0.25) is 9.59 Å². The number of amides is 2. The van der Waals surface area contributed by atoms with Crippen molar-refractivity contribution in [1.29, 1.82) is 0 Å². The van der Waals surface area contributed by atoms with Gasteiger partial charge in [0.1, 0.15) is 11.6 Å². The van der Waals surface area contributed by atoms with Gasteiger partial charge in [0.05, 0.1) is 5.69 Å². The van der Waals surface area contributed by atoms with Crippen molar-refractivity contribution in [3.63, 3.8) is 0 Å². The highest BCUT2D eigenvalue weighted by molar-refractivity contribution is 9.10. The van der Waals surface area contributed by atoms with Gasteiger partial charge in [-0.2, -0.15) is 0 Å². The molecule has 2 unspecified atom stereocenters. The molecule has 2 aliphatic rings. The highest BCUT2D eigenvalue weighted by atomic mass is 79.9. The van der Waals surface area contributed by atoms with Crippen molar-refractivity contribution in [3.05, 3.63) is 76.8 Å². The Morgan fingerprint density at radius 3 is 2.44 bits per heavy atom. The lowest BCUT2D eigenvalue weighted by atomic mass is 9.94. The van der Waals surface area contributed by atoms with Crippen LogP contribution in [0.2, 0.25) is 0 Å². The molecule has 2 heterocycles. The van der Waals surface area contributed by atoms with Crippen molar-refractivity contribution in [3.8, 4) is 0 Å². The van der Waals surface area contributed by atoms with Gasteiger partial charge in [0, 0.05) is 15.4 Å². The van der Waals surface area contributed by atoms with Crippen LogP contribution in [0.15, 0.2) is 76.4 Å². The predicted octanol–water partition coefficient (Wildman–Crippen LogP) is 3.89. The van der Waals surface area contributed by atoms with Gasteiger partial charge in [-0.25, -0.2) is 4.90 Å². The molecule has 5 nitrogen and oxygen atoms in total. The predicted molar refractivity (Wildman–Crippen MR) is 105 cm³/mol. The number of anilines is 1. The number of carbonyl (C=O) groups is 2. The molecular formula is C21H13BrN2O3. The minimum absolute atomic E-state index is 0.305. The standard InChI is InChI=1S/C21H13BrN2O3/c22-14-10-8-13(9-11-14)18-17-19(27-23-18)21(26)24(20(17)25)16-7-3-5-12-4-1-2-6-15(12)16/h1-11,17,19H. The molecule has 1 saturated heterocycles. The maximum atomic E-state index is 13.2. The van der Waals surface area contributed by atoms with E-state index in [1.54, 1.807) is 6.07 Å². The lowest BCUT2D eigenvalue weighted by Gasteiger charge is -2.17. The zero-order valence-corrected chi connectivity index (χ0v) is 15.6. The van der Waals surface area contributed by atoms with Crippen LogP contribution >= 0.6 is 15.9 Å². The second-order valence-corrected chi connectivity index (χ2v) is 7.41. The topological polar surface area (TPSA) is 59.0 Å². The summed E-state index contributed by atoms with van der Waals surface area (Å²) in [5.74, 6) is -1.41. The van der Waals surface area contributed by atoms with Gasteiger partial charge in [-0.1, -0.05) is 69.6 Å². The van der Waals surface area contributed by atoms with Crippen LogP contribution in [0.5, 0.6) is 0 Å². The smallest absolute Gasteiger partial charge is 0.278 e. The van der Waals surface area contributed by atoms with Crippen LogP contribution in [-0.2, 0) is 14.4 Å². The highest BCUT2D eigenvalue weighted by Gasteiger charge is 2.56. The minimum Gasteiger partial charge on any atom is -0.381 e. The van der Waals surface area contributed by atoms with E-state index in [-0.39, 0.29) is 11.8 Å². The maximum absolute atomic E-state index is 13.2. The molecular weight excluding hydrogens is 408 g/mol. The van der Waals surface area contributed by atoms with Crippen LogP contribution in [0, 0.1) is 5.92 Å². The summed E-state index contributed by atoms with van der Waals surface area (Å²) in [6, 6.07) is 20.7. The monoisotopic (exact) mass is 420 g/mol. The Hall–Kier alpha value is -2.99. The Bertz CT molecular complexity index is 1120. The Kier molecular flexibility index (Phi) is 3.62. The fraction of sp³-hybridized carbons (Fsp3) is 0.0952. The lowest BCUT2D eigenvalue weighted by molar-refractivity contribution is -0.126. The molecule has 0 spiro atoms. The maximum Gasteiger partial charge on any atom is 0.278 e. The van der Waals surface area contributed by atoms with Gasteiger partial charge in [-0.05, 0) is 23.6 Å². The molecule has 132 valence electrons. The first-order chi connectivity index (χ1) is 13.1. The first kappa shape index (κ1) is 16.2. The zero-order valence-electron chi connectivity index (χ0n) is 14.0. The molecule has 27 heavy (non-hydrogen) atoms. The van der Waals surface area contributed by atoms with E-state index in [1.165, 1.54) is 4.90 Å². The third-order valence-corrected chi connectivity index (χ3v) is 5.49. The molecule has 1 fully saturated rings.